The van der Waals surface area contributed by atoms with Gasteiger partial charge in [0, 0.05) is 0 Å². The van der Waals surface area contributed by atoms with E-state index in [9.17, 15) is 0 Å². The zero-order chi connectivity index (χ0) is 26.2. The van der Waals surface area contributed by atoms with Gasteiger partial charge in [0.1, 0.15) is 0 Å². The third-order valence-corrected chi connectivity index (χ3v) is 22.8. The largest absolute Gasteiger partial charge is 0.425 e. The van der Waals surface area contributed by atoms with E-state index < -0.39 is 25.2 Å². The molecule has 4 rings (SSSR count). The summed E-state index contributed by atoms with van der Waals surface area (Å²) >= 11 is 0. The lowest BCUT2D eigenvalue weighted by Gasteiger charge is -2.46. The van der Waals surface area contributed by atoms with Crippen molar-refractivity contribution in [3.05, 3.63) is 121 Å². The van der Waals surface area contributed by atoms with Gasteiger partial charge in [-0.2, -0.15) is 0 Å². The maximum atomic E-state index is 7.85. The molecule has 0 bridgehead atoms. The maximum absolute atomic E-state index is 7.85. The molecule has 2 nitrogen and oxygen atoms in total. The van der Waals surface area contributed by atoms with E-state index >= 15 is 0 Å². The minimum absolute atomic E-state index is 1.00. The summed E-state index contributed by atoms with van der Waals surface area (Å²) in [6.45, 7) is 9.22. The van der Waals surface area contributed by atoms with E-state index in [4.69, 9.17) is 8.23 Å². The van der Waals surface area contributed by atoms with Gasteiger partial charge >= 0.3 is 8.56 Å². The third-order valence-electron chi connectivity index (χ3n) is 7.87. The monoisotopic (exact) mass is 540 g/mol. The van der Waals surface area contributed by atoms with Crippen LogP contribution in [0.2, 0.25) is 24.2 Å². The van der Waals surface area contributed by atoms with E-state index in [1.54, 1.807) is 0 Å². The van der Waals surface area contributed by atoms with Crippen LogP contribution < -0.4 is 20.7 Å². The molecule has 0 aliphatic carbocycles. The highest BCUT2D eigenvalue weighted by molar-refractivity contribution is 7.06. The Balaban J connectivity index is 2.01. The molecule has 0 aromatic heterocycles. The van der Waals surface area contributed by atoms with E-state index in [1.807, 2.05) is 0 Å². The first-order valence-electron chi connectivity index (χ1n) is 13.7. The molecule has 4 aromatic rings. The molecule has 192 valence electrons. The van der Waals surface area contributed by atoms with Crippen LogP contribution >= 0.6 is 0 Å². The highest BCUT2D eigenvalue weighted by atomic mass is 28.5. The van der Waals surface area contributed by atoms with E-state index in [1.165, 1.54) is 20.7 Å². The molecule has 0 aliphatic rings. The van der Waals surface area contributed by atoms with Gasteiger partial charge in [-0.3, -0.25) is 0 Å². The van der Waals surface area contributed by atoms with Gasteiger partial charge in [-0.1, -0.05) is 149 Å². The van der Waals surface area contributed by atoms with Crippen molar-refractivity contribution >= 4 is 45.9 Å². The summed E-state index contributed by atoms with van der Waals surface area (Å²) in [7, 11) is -7.92. The fourth-order valence-electron chi connectivity index (χ4n) is 5.50. The molecule has 0 N–H and O–H groups in total. The molecule has 5 heteroatoms. The third kappa shape index (κ3) is 5.52. The minimum atomic E-state index is -3.14. The lowest BCUT2D eigenvalue weighted by molar-refractivity contribution is 0.407. The normalized spacial score (nSPS) is 12.4. The molecule has 0 atom stereocenters. The van der Waals surface area contributed by atoms with E-state index in [0.717, 1.165) is 24.2 Å². The van der Waals surface area contributed by atoms with Crippen LogP contribution in [-0.2, 0) is 8.23 Å². The van der Waals surface area contributed by atoms with E-state index in [-0.39, 0.29) is 0 Å². The van der Waals surface area contributed by atoms with Crippen LogP contribution in [0.15, 0.2) is 121 Å². The summed E-state index contributed by atoms with van der Waals surface area (Å²) in [6, 6.07) is 47.6. The zero-order valence-electron chi connectivity index (χ0n) is 22.7. The first-order valence-corrected chi connectivity index (χ1v) is 20.2. The molecule has 0 heterocycles. The van der Waals surface area contributed by atoms with Gasteiger partial charge in [0.25, 0.3) is 0 Å². The quantitative estimate of drug-likeness (QED) is 0.203. The Hall–Kier alpha value is -2.55. The first-order chi connectivity index (χ1) is 18.1. The van der Waals surface area contributed by atoms with Gasteiger partial charge in [-0.15, -0.1) is 0 Å². The molecule has 37 heavy (non-hydrogen) atoms. The average Bonchev–Trinajstić information content (AvgIpc) is 3.00. The predicted octanol–water partition coefficient (Wildman–Crippen LogP) is 6.06. The Labute approximate surface area is 226 Å². The second-order valence-electron chi connectivity index (χ2n) is 9.69. The van der Waals surface area contributed by atoms with Crippen LogP contribution in [0.25, 0.3) is 0 Å². The molecule has 0 radical (unpaired) electrons. The number of hydrogen-bond donors (Lipinski definition) is 0. The van der Waals surface area contributed by atoms with Gasteiger partial charge in [0.05, 0.1) is 0 Å². The Morgan fingerprint density at radius 3 is 0.865 bits per heavy atom. The fraction of sp³-hybridized carbons (Fsp3) is 0.250. The van der Waals surface area contributed by atoms with Crippen molar-refractivity contribution in [2.45, 2.75) is 51.9 Å². The number of benzene rings is 4. The molecule has 0 amide bonds. The molecule has 0 unspecified atom stereocenters. The smallest absolute Gasteiger partial charge is 0.387 e. The van der Waals surface area contributed by atoms with Crippen molar-refractivity contribution < 1.29 is 8.23 Å². The van der Waals surface area contributed by atoms with Crippen LogP contribution in [0.3, 0.4) is 0 Å². The summed E-state index contributed by atoms with van der Waals surface area (Å²) in [5.74, 6) is 0. The zero-order valence-corrected chi connectivity index (χ0v) is 25.7. The lowest BCUT2D eigenvalue weighted by atomic mass is 10.4. The fourth-order valence-corrected chi connectivity index (χ4v) is 21.4. The predicted molar refractivity (Wildman–Crippen MR) is 166 cm³/mol. The van der Waals surface area contributed by atoms with Crippen LogP contribution in [0.4, 0.5) is 0 Å². The number of hydrogen-bond acceptors (Lipinski definition) is 2. The maximum Gasteiger partial charge on any atom is 0.387 e. The van der Waals surface area contributed by atoms with E-state index in [0.29, 0.717) is 0 Å². The second-order valence-corrected chi connectivity index (χ2v) is 21.7. The summed E-state index contributed by atoms with van der Waals surface area (Å²) in [6.07, 6.45) is 0. The highest BCUT2D eigenvalue weighted by Crippen LogP contribution is 2.29. The van der Waals surface area contributed by atoms with Gasteiger partial charge in [-0.05, 0) is 44.9 Å². The van der Waals surface area contributed by atoms with Gasteiger partial charge < -0.3 is 8.23 Å². The molecular formula is C32H40O2Si3. The van der Waals surface area contributed by atoms with Crippen molar-refractivity contribution in [3.8, 4) is 0 Å². The van der Waals surface area contributed by atoms with Gasteiger partial charge in [0.15, 0.2) is 0 Å². The lowest BCUT2D eigenvalue weighted by Crippen LogP contribution is -2.74. The average molecular weight is 541 g/mol. The van der Waals surface area contributed by atoms with Crippen LogP contribution in [-0.4, -0.2) is 25.2 Å². The second kappa shape index (κ2) is 12.3. The molecule has 0 aliphatic heterocycles. The summed E-state index contributed by atoms with van der Waals surface area (Å²) in [5, 5.41) is 5.11. The Morgan fingerprint density at radius 1 is 0.378 bits per heavy atom. The van der Waals surface area contributed by atoms with Gasteiger partial charge in [0.2, 0.25) is 16.6 Å². The first kappa shape index (κ1) is 27.5. The van der Waals surface area contributed by atoms with Crippen molar-refractivity contribution in [1.29, 1.82) is 0 Å². The Morgan fingerprint density at radius 2 is 0.622 bits per heavy atom. The van der Waals surface area contributed by atoms with Crippen LogP contribution in [0, 0.1) is 0 Å². The molecule has 4 aromatic carbocycles. The SMILES string of the molecule is CC[Si](CC)(O[Si](O[Si](CC)(CC)c1ccccc1)(c1ccccc1)c1ccccc1)c1ccccc1. The Kier molecular flexibility index (Phi) is 9.16. The van der Waals surface area contributed by atoms with Crippen molar-refractivity contribution in [1.82, 2.24) is 0 Å². The van der Waals surface area contributed by atoms with Crippen molar-refractivity contribution in [2.75, 3.05) is 0 Å². The highest BCUT2D eigenvalue weighted by Gasteiger charge is 2.54. The molecule has 0 fully saturated rings. The summed E-state index contributed by atoms with van der Waals surface area (Å²) in [5.41, 5.74) is 0. The standard InChI is InChI=1S/C32H40O2Si3/c1-5-35(6-2,29-21-13-9-14-22-29)33-37(31-25-17-11-18-26-31,32-27-19-12-20-28-32)34-36(7-3,8-4)30-23-15-10-16-24-30/h9-28H,5-8H2,1-4H3. The van der Waals surface area contributed by atoms with Crippen molar-refractivity contribution in [2.24, 2.45) is 0 Å². The van der Waals surface area contributed by atoms with E-state index in [2.05, 4.69) is 149 Å². The molecule has 0 spiro atoms. The topological polar surface area (TPSA) is 18.5 Å². The van der Waals surface area contributed by atoms with Crippen molar-refractivity contribution in [3.63, 3.8) is 0 Å². The summed E-state index contributed by atoms with van der Waals surface area (Å²) < 4.78 is 15.7. The molecule has 0 saturated carbocycles. The molecular weight excluding hydrogens is 501 g/mol. The Bertz CT molecular complexity index is 1110. The van der Waals surface area contributed by atoms with Crippen LogP contribution in [0.1, 0.15) is 27.7 Å². The minimum Gasteiger partial charge on any atom is -0.425 e. The number of rotatable bonds is 12. The molecule has 0 saturated heterocycles. The van der Waals surface area contributed by atoms with Crippen LogP contribution in [0.5, 0.6) is 0 Å². The summed E-state index contributed by atoms with van der Waals surface area (Å²) in [4.78, 5) is 0. The van der Waals surface area contributed by atoms with Gasteiger partial charge in [-0.25, -0.2) is 0 Å².